The summed E-state index contributed by atoms with van der Waals surface area (Å²) in [6, 6.07) is 0. The fraction of sp³-hybridized carbons (Fsp3) is 0.375. The van der Waals surface area contributed by atoms with Crippen molar-refractivity contribution in [1.82, 2.24) is 5.32 Å². The average molecular weight is 153 g/mol. The number of allylic oxidation sites excluding steroid dienone is 2. The number of hydrogen-bond acceptors (Lipinski definition) is 2. The number of rotatable bonds is 4. The first-order valence-corrected chi connectivity index (χ1v) is 3.47. The van der Waals surface area contributed by atoms with Gasteiger partial charge in [-0.05, 0) is 20.0 Å². The number of nitrogens with one attached hydrogen (secondary N) is 1. The van der Waals surface area contributed by atoms with Crippen LogP contribution in [0.25, 0.3) is 0 Å². The first-order chi connectivity index (χ1) is 5.20. The van der Waals surface area contributed by atoms with Crippen LogP contribution in [0.5, 0.6) is 0 Å². The topological polar surface area (TPSA) is 50.4 Å². The van der Waals surface area contributed by atoms with Gasteiger partial charge in [0.05, 0.1) is 11.5 Å². The number of nitrogens with two attached hydrogens (primary N) is 1. The van der Waals surface area contributed by atoms with Crippen LogP contribution in [0, 0.1) is 0 Å². The molecule has 0 amide bonds. The Labute approximate surface area is 67.7 Å². The minimum Gasteiger partial charge on any atom is -0.387 e. The molecule has 0 aliphatic carbocycles. The highest BCUT2D eigenvalue weighted by Crippen LogP contribution is 1.94. The smallest absolute Gasteiger partial charge is 0.0961 e. The van der Waals surface area contributed by atoms with Gasteiger partial charge in [-0.1, -0.05) is 12.7 Å². The van der Waals surface area contributed by atoms with Gasteiger partial charge in [0, 0.05) is 6.54 Å². The Kier molecular flexibility index (Phi) is 5.11. The van der Waals surface area contributed by atoms with Crippen molar-refractivity contribution in [2.24, 2.45) is 10.7 Å². The highest BCUT2D eigenvalue weighted by atomic mass is 14.9. The second-order valence-electron chi connectivity index (χ2n) is 2.18. The largest absolute Gasteiger partial charge is 0.387 e. The van der Waals surface area contributed by atoms with Gasteiger partial charge in [-0.2, -0.15) is 0 Å². The lowest BCUT2D eigenvalue weighted by Gasteiger charge is -1.99. The molecule has 0 rings (SSSR count). The Morgan fingerprint density at radius 3 is 2.73 bits per heavy atom. The normalized spacial score (nSPS) is 13.3. The van der Waals surface area contributed by atoms with Crippen LogP contribution in [-0.2, 0) is 0 Å². The van der Waals surface area contributed by atoms with E-state index in [1.807, 2.05) is 13.1 Å². The van der Waals surface area contributed by atoms with E-state index in [0.29, 0.717) is 12.4 Å². The third-order valence-corrected chi connectivity index (χ3v) is 0.988. The summed E-state index contributed by atoms with van der Waals surface area (Å²) in [5.41, 5.74) is 6.29. The SMILES string of the molecule is C=C/C=C(/CNC)N=C(C)N. The molecular formula is C8H15N3. The van der Waals surface area contributed by atoms with Gasteiger partial charge in [0.15, 0.2) is 0 Å². The third kappa shape index (κ3) is 5.36. The molecule has 0 radical (unpaired) electrons. The van der Waals surface area contributed by atoms with Crippen LogP contribution in [0.3, 0.4) is 0 Å². The lowest BCUT2D eigenvalue weighted by Crippen LogP contribution is -2.12. The summed E-state index contributed by atoms with van der Waals surface area (Å²) < 4.78 is 0. The van der Waals surface area contributed by atoms with E-state index in [4.69, 9.17) is 5.73 Å². The maximum Gasteiger partial charge on any atom is 0.0961 e. The molecule has 62 valence electrons. The Morgan fingerprint density at radius 2 is 2.36 bits per heavy atom. The fourth-order valence-electron chi connectivity index (χ4n) is 0.679. The van der Waals surface area contributed by atoms with Crippen LogP contribution in [0.15, 0.2) is 29.4 Å². The maximum atomic E-state index is 5.40. The van der Waals surface area contributed by atoms with Crippen molar-refractivity contribution in [1.29, 1.82) is 0 Å². The quantitative estimate of drug-likeness (QED) is 0.354. The van der Waals surface area contributed by atoms with Gasteiger partial charge in [-0.3, -0.25) is 0 Å². The van der Waals surface area contributed by atoms with Gasteiger partial charge >= 0.3 is 0 Å². The van der Waals surface area contributed by atoms with E-state index in [2.05, 4.69) is 16.9 Å². The second kappa shape index (κ2) is 5.68. The van der Waals surface area contributed by atoms with Gasteiger partial charge < -0.3 is 11.1 Å². The molecule has 0 saturated heterocycles. The molecule has 0 unspecified atom stereocenters. The predicted octanol–water partition coefficient (Wildman–Crippen LogP) is 0.653. The molecule has 3 nitrogen and oxygen atoms in total. The fourth-order valence-corrected chi connectivity index (χ4v) is 0.679. The van der Waals surface area contributed by atoms with E-state index >= 15 is 0 Å². The summed E-state index contributed by atoms with van der Waals surface area (Å²) in [4.78, 5) is 4.08. The molecule has 3 heteroatoms. The Hall–Kier alpha value is -1.09. The van der Waals surface area contributed by atoms with Crippen molar-refractivity contribution in [3.8, 4) is 0 Å². The van der Waals surface area contributed by atoms with Crippen LogP contribution >= 0.6 is 0 Å². The van der Waals surface area contributed by atoms with E-state index in [0.717, 1.165) is 5.70 Å². The molecule has 0 spiro atoms. The summed E-state index contributed by atoms with van der Waals surface area (Å²) in [5.74, 6) is 0.563. The zero-order chi connectivity index (χ0) is 8.69. The van der Waals surface area contributed by atoms with Crippen molar-refractivity contribution in [3.63, 3.8) is 0 Å². The van der Waals surface area contributed by atoms with Gasteiger partial charge in [0.2, 0.25) is 0 Å². The van der Waals surface area contributed by atoms with Crippen molar-refractivity contribution >= 4 is 5.84 Å². The van der Waals surface area contributed by atoms with Crippen LogP contribution < -0.4 is 11.1 Å². The molecular weight excluding hydrogens is 138 g/mol. The number of nitrogens with zero attached hydrogens (tertiary/aromatic N) is 1. The van der Waals surface area contributed by atoms with E-state index in [9.17, 15) is 0 Å². The number of likely N-dealkylation sites (N-methyl/N-ethyl adjacent to an activating group) is 1. The average Bonchev–Trinajstić information content (AvgIpc) is 1.87. The van der Waals surface area contributed by atoms with Gasteiger partial charge in [-0.15, -0.1) is 0 Å². The van der Waals surface area contributed by atoms with Crippen LogP contribution in [-0.4, -0.2) is 19.4 Å². The summed E-state index contributed by atoms with van der Waals surface area (Å²) >= 11 is 0. The van der Waals surface area contributed by atoms with E-state index in [1.54, 1.807) is 13.0 Å². The number of amidine groups is 1. The zero-order valence-electron chi connectivity index (χ0n) is 7.09. The molecule has 0 aromatic heterocycles. The van der Waals surface area contributed by atoms with Crippen LogP contribution in [0.2, 0.25) is 0 Å². The number of hydrogen-bond donors (Lipinski definition) is 2. The van der Waals surface area contributed by atoms with Crippen molar-refractivity contribution in [2.75, 3.05) is 13.6 Å². The first kappa shape index (κ1) is 9.91. The minimum absolute atomic E-state index is 0.563. The van der Waals surface area contributed by atoms with Crippen LogP contribution in [0.4, 0.5) is 0 Å². The Balaban J connectivity index is 4.22. The minimum atomic E-state index is 0.563. The standard InChI is InChI=1S/C8H15N3/c1-4-5-8(6-10-3)11-7(2)9/h4-5,10H,1,6H2,2-3H3,(H2,9,11)/b8-5-. The Bertz CT molecular complexity index is 176. The third-order valence-electron chi connectivity index (χ3n) is 0.988. The zero-order valence-corrected chi connectivity index (χ0v) is 7.09. The monoisotopic (exact) mass is 153 g/mol. The lowest BCUT2D eigenvalue weighted by molar-refractivity contribution is 0.870. The van der Waals surface area contributed by atoms with E-state index in [1.165, 1.54) is 0 Å². The van der Waals surface area contributed by atoms with Crippen LogP contribution in [0.1, 0.15) is 6.92 Å². The molecule has 0 fully saturated rings. The van der Waals surface area contributed by atoms with Gasteiger partial charge in [0.25, 0.3) is 0 Å². The molecule has 0 heterocycles. The van der Waals surface area contributed by atoms with E-state index < -0.39 is 0 Å². The second-order valence-corrected chi connectivity index (χ2v) is 2.18. The molecule has 0 aliphatic heterocycles. The predicted molar refractivity (Wildman–Crippen MR) is 49.5 cm³/mol. The van der Waals surface area contributed by atoms with Gasteiger partial charge in [0.1, 0.15) is 0 Å². The molecule has 11 heavy (non-hydrogen) atoms. The Morgan fingerprint density at radius 1 is 1.73 bits per heavy atom. The maximum absolute atomic E-state index is 5.40. The summed E-state index contributed by atoms with van der Waals surface area (Å²) in [6.45, 7) is 6.04. The summed E-state index contributed by atoms with van der Waals surface area (Å²) in [6.07, 6.45) is 3.52. The summed E-state index contributed by atoms with van der Waals surface area (Å²) in [5, 5.41) is 2.98. The number of aliphatic imine (C=N–C) groups is 1. The highest BCUT2D eigenvalue weighted by molar-refractivity contribution is 5.78. The first-order valence-electron chi connectivity index (χ1n) is 3.47. The van der Waals surface area contributed by atoms with Crippen molar-refractivity contribution in [2.45, 2.75) is 6.92 Å². The molecule has 3 N–H and O–H groups in total. The highest BCUT2D eigenvalue weighted by Gasteiger charge is 1.89. The van der Waals surface area contributed by atoms with Crippen molar-refractivity contribution < 1.29 is 0 Å². The van der Waals surface area contributed by atoms with Gasteiger partial charge in [-0.25, -0.2) is 4.99 Å². The lowest BCUT2D eigenvalue weighted by atomic mass is 10.4. The molecule has 0 bridgehead atoms. The van der Waals surface area contributed by atoms with Crippen molar-refractivity contribution in [3.05, 3.63) is 24.4 Å². The summed E-state index contributed by atoms with van der Waals surface area (Å²) in [7, 11) is 1.86. The molecule has 0 aromatic carbocycles. The molecule has 0 aliphatic rings. The van der Waals surface area contributed by atoms with E-state index in [-0.39, 0.29) is 0 Å². The molecule has 0 saturated carbocycles. The molecule has 0 atom stereocenters. The molecule has 0 aromatic rings.